The molecule has 1 aliphatic heterocycles. The van der Waals surface area contributed by atoms with Crippen LogP contribution in [0.25, 0.3) is 0 Å². The lowest BCUT2D eigenvalue weighted by molar-refractivity contribution is 0.316. The van der Waals surface area contributed by atoms with Crippen molar-refractivity contribution in [3.05, 3.63) is 0 Å². The second kappa shape index (κ2) is 6.44. The van der Waals surface area contributed by atoms with Gasteiger partial charge in [0.15, 0.2) is 10.1 Å². The molecule has 1 rings (SSSR count). The molecule has 4 nitrogen and oxygen atoms in total. The van der Waals surface area contributed by atoms with E-state index >= 15 is 0 Å². The van der Waals surface area contributed by atoms with Crippen molar-refractivity contribution in [3.8, 4) is 0 Å². The minimum absolute atomic E-state index is 0.412. The quantitative estimate of drug-likeness (QED) is 0.497. The van der Waals surface area contributed by atoms with Gasteiger partial charge in [0, 0.05) is 23.0 Å². The van der Waals surface area contributed by atoms with Crippen LogP contribution in [0.5, 0.6) is 0 Å². The Morgan fingerprint density at radius 1 is 0.846 bits per heavy atom. The molecule has 0 aromatic rings. The molecule has 1 heterocycles. The Morgan fingerprint density at radius 2 is 1.31 bits per heavy atom. The lowest BCUT2D eigenvalue weighted by Gasteiger charge is -2.01. The maximum atomic E-state index is 8.66. The zero-order valence-electron chi connectivity index (χ0n) is 6.84. The Kier molecular flexibility index (Phi) is 5.49. The van der Waals surface area contributed by atoms with Gasteiger partial charge in [-0.25, -0.2) is 0 Å². The van der Waals surface area contributed by atoms with E-state index in [1.165, 1.54) is 23.5 Å². The van der Waals surface area contributed by atoms with E-state index in [1.54, 1.807) is 0 Å². The molecule has 0 unspecified atom stereocenters. The van der Waals surface area contributed by atoms with Gasteiger partial charge in [0.05, 0.1) is 0 Å². The third kappa shape index (κ3) is 3.70. The topological polar surface area (TPSA) is 65.2 Å². The second-order valence-corrected chi connectivity index (χ2v) is 5.51. The van der Waals surface area contributed by atoms with Gasteiger partial charge in [0.2, 0.25) is 0 Å². The van der Waals surface area contributed by atoms with Crippen molar-refractivity contribution >= 4 is 45.4 Å². The maximum Gasteiger partial charge on any atom is 0.171 e. The maximum absolute atomic E-state index is 8.66. The molecule has 1 aliphatic rings. The van der Waals surface area contributed by atoms with Gasteiger partial charge < -0.3 is 10.4 Å². The van der Waals surface area contributed by atoms with Crippen LogP contribution in [0, 0.1) is 0 Å². The molecular weight excluding hydrogens is 228 g/mol. The molecule has 0 atom stereocenters. The Balaban J connectivity index is 2.64. The second-order valence-electron chi connectivity index (χ2n) is 2.12. The summed E-state index contributed by atoms with van der Waals surface area (Å²) in [5.74, 6) is 3.82. The van der Waals surface area contributed by atoms with Gasteiger partial charge in [-0.05, 0) is 0 Å². The summed E-state index contributed by atoms with van der Waals surface area (Å²) in [5.41, 5.74) is 0. The Morgan fingerprint density at radius 3 is 1.69 bits per heavy atom. The van der Waals surface area contributed by atoms with Gasteiger partial charge >= 0.3 is 0 Å². The van der Waals surface area contributed by atoms with Crippen molar-refractivity contribution < 1.29 is 10.4 Å². The first-order valence-corrected chi connectivity index (χ1v) is 6.79. The summed E-state index contributed by atoms with van der Waals surface area (Å²) >= 11 is 4.67. The van der Waals surface area contributed by atoms with Gasteiger partial charge in [0.25, 0.3) is 0 Å². The molecule has 0 aliphatic carbocycles. The summed E-state index contributed by atoms with van der Waals surface area (Å²) < 4.78 is 0. The molecule has 0 saturated carbocycles. The minimum atomic E-state index is 0.412. The van der Waals surface area contributed by atoms with Crippen LogP contribution in [0.4, 0.5) is 0 Å². The average Bonchev–Trinajstić information content (AvgIpc) is 2.28. The lowest BCUT2D eigenvalue weighted by atomic mass is 10.8. The largest absolute Gasteiger partial charge is 0.410 e. The summed E-state index contributed by atoms with van der Waals surface area (Å²) in [6.45, 7) is 0. The summed E-state index contributed by atoms with van der Waals surface area (Å²) in [7, 11) is 0. The molecule has 7 heteroatoms. The molecule has 1 fully saturated rings. The van der Waals surface area contributed by atoms with Crippen LogP contribution in [0.15, 0.2) is 10.3 Å². The summed E-state index contributed by atoms with van der Waals surface area (Å²) in [4.78, 5) is 0. The number of hydrogen-bond donors (Lipinski definition) is 2. The van der Waals surface area contributed by atoms with Gasteiger partial charge in [-0.3, -0.25) is 0 Å². The number of thioether (sulfide) groups is 3. The molecule has 0 spiro atoms. The highest BCUT2D eigenvalue weighted by atomic mass is 32.2. The molecule has 0 aromatic carbocycles. The van der Waals surface area contributed by atoms with Crippen LogP contribution < -0.4 is 0 Å². The third-order valence-corrected chi connectivity index (χ3v) is 4.84. The molecule has 74 valence electrons. The van der Waals surface area contributed by atoms with E-state index in [4.69, 9.17) is 10.4 Å². The first-order chi connectivity index (χ1) is 6.38. The van der Waals surface area contributed by atoms with Crippen molar-refractivity contribution in [2.45, 2.75) is 0 Å². The summed E-state index contributed by atoms with van der Waals surface area (Å²) in [6.07, 6.45) is 0. The predicted octanol–water partition coefficient (Wildman–Crippen LogP) is 1.77. The van der Waals surface area contributed by atoms with E-state index in [0.29, 0.717) is 10.1 Å². The zero-order valence-corrected chi connectivity index (χ0v) is 9.29. The first-order valence-electron chi connectivity index (χ1n) is 3.66. The normalized spacial score (nSPS) is 26.8. The van der Waals surface area contributed by atoms with Crippen LogP contribution in [-0.2, 0) is 0 Å². The molecule has 13 heavy (non-hydrogen) atoms. The van der Waals surface area contributed by atoms with Crippen LogP contribution in [0.1, 0.15) is 0 Å². The van der Waals surface area contributed by atoms with E-state index in [9.17, 15) is 0 Å². The van der Waals surface area contributed by atoms with Crippen molar-refractivity contribution in [2.75, 3.05) is 23.0 Å². The zero-order chi connectivity index (χ0) is 9.52. The predicted molar refractivity (Wildman–Crippen MR) is 60.7 cm³/mol. The molecule has 0 aromatic heterocycles. The van der Waals surface area contributed by atoms with Crippen molar-refractivity contribution in [2.24, 2.45) is 10.3 Å². The third-order valence-electron chi connectivity index (χ3n) is 1.30. The van der Waals surface area contributed by atoms with Gasteiger partial charge in [-0.2, -0.15) is 11.8 Å². The SMILES string of the molecule is O/N=C1\SCCSCCS\C1=N/O. The monoisotopic (exact) mass is 238 g/mol. The van der Waals surface area contributed by atoms with Gasteiger partial charge in [-0.15, -0.1) is 0 Å². The highest BCUT2D eigenvalue weighted by Gasteiger charge is 2.13. The molecular formula is C6H10N2O2S3. The van der Waals surface area contributed by atoms with Crippen molar-refractivity contribution in [1.82, 2.24) is 0 Å². The van der Waals surface area contributed by atoms with E-state index in [-0.39, 0.29) is 0 Å². The smallest absolute Gasteiger partial charge is 0.171 e. The molecule has 0 radical (unpaired) electrons. The number of nitrogens with zero attached hydrogens (tertiary/aromatic N) is 2. The number of hydrogen-bond acceptors (Lipinski definition) is 7. The van der Waals surface area contributed by atoms with Crippen LogP contribution in [0.3, 0.4) is 0 Å². The Hall–Kier alpha value is -0.0100. The van der Waals surface area contributed by atoms with Crippen molar-refractivity contribution in [3.63, 3.8) is 0 Å². The fraction of sp³-hybridized carbons (Fsp3) is 0.667. The summed E-state index contributed by atoms with van der Waals surface area (Å²) in [5, 5.41) is 24.3. The lowest BCUT2D eigenvalue weighted by Crippen LogP contribution is -2.08. The Labute approximate surface area is 89.2 Å². The highest BCUT2D eigenvalue weighted by molar-refractivity contribution is 8.25. The average molecular weight is 238 g/mol. The minimum Gasteiger partial charge on any atom is -0.410 e. The number of oxime groups is 2. The fourth-order valence-corrected chi connectivity index (χ4v) is 3.76. The van der Waals surface area contributed by atoms with Crippen LogP contribution >= 0.6 is 35.3 Å². The fourth-order valence-electron chi connectivity index (χ4n) is 0.763. The standard InChI is InChI=1S/C6H10N2O2S3/c9-7-5-6(8-10)13-4-2-11-1-3-12-5/h9-10H,1-4H2/b7-5-,8-6-. The molecule has 1 saturated heterocycles. The van der Waals surface area contributed by atoms with Gasteiger partial charge in [0.1, 0.15) is 0 Å². The van der Waals surface area contributed by atoms with Gasteiger partial charge in [-0.1, -0.05) is 33.8 Å². The van der Waals surface area contributed by atoms with Crippen molar-refractivity contribution in [1.29, 1.82) is 0 Å². The highest BCUT2D eigenvalue weighted by Crippen LogP contribution is 2.20. The van der Waals surface area contributed by atoms with Crippen LogP contribution in [-0.4, -0.2) is 43.5 Å². The molecule has 2 N–H and O–H groups in total. The van der Waals surface area contributed by atoms with E-state index in [0.717, 1.165) is 23.0 Å². The molecule has 0 bridgehead atoms. The van der Waals surface area contributed by atoms with E-state index in [2.05, 4.69) is 10.3 Å². The van der Waals surface area contributed by atoms with Crippen LogP contribution in [0.2, 0.25) is 0 Å². The van der Waals surface area contributed by atoms with E-state index < -0.39 is 0 Å². The molecule has 0 amide bonds. The Bertz CT molecular complexity index is 198. The van der Waals surface area contributed by atoms with E-state index in [1.807, 2.05) is 11.8 Å². The number of rotatable bonds is 0. The first kappa shape index (κ1) is 11.1. The summed E-state index contributed by atoms with van der Waals surface area (Å²) in [6, 6.07) is 0.